The fourth-order valence-corrected chi connectivity index (χ4v) is 3.51. The van der Waals surface area contributed by atoms with Crippen LogP contribution in [0.3, 0.4) is 0 Å². The predicted octanol–water partition coefficient (Wildman–Crippen LogP) is 2.37. The van der Waals surface area contributed by atoms with Crippen molar-refractivity contribution in [1.29, 1.82) is 0 Å². The zero-order chi connectivity index (χ0) is 13.3. The molecule has 1 fully saturated rings. The van der Waals surface area contributed by atoms with Crippen molar-refractivity contribution in [2.45, 2.75) is 24.3 Å². The highest BCUT2D eigenvalue weighted by Crippen LogP contribution is 2.32. The molecule has 1 aromatic heterocycles. The molecule has 0 bridgehead atoms. The van der Waals surface area contributed by atoms with Crippen molar-refractivity contribution in [2.75, 3.05) is 18.0 Å². The monoisotopic (exact) mass is 288 g/mol. The Morgan fingerprint density at radius 2 is 2.11 bits per heavy atom. The molecule has 2 atom stereocenters. The molecule has 0 aromatic carbocycles. The number of rotatable bonds is 2. The van der Waals surface area contributed by atoms with Crippen molar-refractivity contribution in [3.8, 4) is 0 Å². The van der Waals surface area contributed by atoms with E-state index in [0.29, 0.717) is 16.3 Å². The lowest BCUT2D eigenvalue weighted by Crippen LogP contribution is -2.41. The van der Waals surface area contributed by atoms with Crippen LogP contribution < -0.4 is 4.90 Å². The highest BCUT2D eigenvalue weighted by Gasteiger charge is 2.29. The van der Waals surface area contributed by atoms with E-state index in [4.69, 9.17) is 11.6 Å². The molecule has 0 saturated carbocycles. The van der Waals surface area contributed by atoms with Crippen molar-refractivity contribution in [3.63, 3.8) is 0 Å². The summed E-state index contributed by atoms with van der Waals surface area (Å²) < 4.78 is 0. The zero-order valence-corrected chi connectivity index (χ0v) is 11.6. The van der Waals surface area contributed by atoms with Crippen molar-refractivity contribution in [1.82, 2.24) is 9.97 Å². The van der Waals surface area contributed by atoms with Crippen molar-refractivity contribution < 1.29 is 4.92 Å². The number of nitrogens with zero attached hydrogens (tertiary/aromatic N) is 4. The highest BCUT2D eigenvalue weighted by molar-refractivity contribution is 8.00. The van der Waals surface area contributed by atoms with Gasteiger partial charge in [-0.1, -0.05) is 13.8 Å². The van der Waals surface area contributed by atoms with Crippen LogP contribution in [0.25, 0.3) is 0 Å². The van der Waals surface area contributed by atoms with Gasteiger partial charge < -0.3 is 4.90 Å². The number of hydrogen-bond acceptors (Lipinski definition) is 6. The van der Waals surface area contributed by atoms with E-state index in [1.807, 2.05) is 16.7 Å². The van der Waals surface area contributed by atoms with Crippen LogP contribution in [-0.2, 0) is 0 Å². The molecule has 0 spiro atoms. The fraction of sp³-hybridized carbons (Fsp3) is 0.600. The molecule has 0 aliphatic carbocycles. The van der Waals surface area contributed by atoms with E-state index in [-0.39, 0.29) is 11.0 Å². The quantitative estimate of drug-likeness (QED) is 0.473. The van der Waals surface area contributed by atoms with E-state index in [0.717, 1.165) is 13.1 Å². The molecule has 1 saturated heterocycles. The van der Waals surface area contributed by atoms with Crippen LogP contribution in [0.15, 0.2) is 6.20 Å². The van der Waals surface area contributed by atoms with Crippen molar-refractivity contribution in [3.05, 3.63) is 21.6 Å². The molecule has 8 heteroatoms. The summed E-state index contributed by atoms with van der Waals surface area (Å²) >= 11 is 7.61. The molecule has 2 heterocycles. The summed E-state index contributed by atoms with van der Waals surface area (Å²) in [5, 5.41) is 11.8. The number of aromatic nitrogens is 2. The summed E-state index contributed by atoms with van der Waals surface area (Å²) in [4.78, 5) is 20.1. The molecule has 98 valence electrons. The Labute approximate surface area is 114 Å². The minimum Gasteiger partial charge on any atom is -0.349 e. The third-order valence-electron chi connectivity index (χ3n) is 2.64. The molecule has 0 N–H and O–H groups in total. The van der Waals surface area contributed by atoms with Crippen LogP contribution in [0.1, 0.15) is 13.8 Å². The average molecular weight is 289 g/mol. The van der Waals surface area contributed by atoms with Crippen molar-refractivity contribution in [2.24, 2.45) is 0 Å². The zero-order valence-electron chi connectivity index (χ0n) is 10.0. The number of hydrogen-bond donors (Lipinski definition) is 0. The maximum atomic E-state index is 11.0. The van der Waals surface area contributed by atoms with Gasteiger partial charge in [0.1, 0.15) is 6.20 Å². The predicted molar refractivity (Wildman–Crippen MR) is 72.4 cm³/mol. The second kappa shape index (κ2) is 5.27. The van der Waals surface area contributed by atoms with Crippen LogP contribution in [-0.4, -0.2) is 38.5 Å². The Kier molecular flexibility index (Phi) is 3.91. The van der Waals surface area contributed by atoms with Crippen LogP contribution in [0.2, 0.25) is 5.28 Å². The van der Waals surface area contributed by atoms with E-state index in [2.05, 4.69) is 23.8 Å². The van der Waals surface area contributed by atoms with E-state index >= 15 is 0 Å². The molecule has 0 radical (unpaired) electrons. The maximum absolute atomic E-state index is 11.0. The first-order valence-electron chi connectivity index (χ1n) is 5.54. The largest absolute Gasteiger partial charge is 0.349 e. The smallest absolute Gasteiger partial charge is 0.329 e. The second-order valence-electron chi connectivity index (χ2n) is 4.27. The Morgan fingerprint density at radius 3 is 2.67 bits per heavy atom. The summed E-state index contributed by atoms with van der Waals surface area (Å²) in [5.74, 6) is 0.319. The number of anilines is 1. The van der Waals surface area contributed by atoms with Gasteiger partial charge in [-0.15, -0.1) is 0 Å². The standard InChI is InChI=1S/C10H13ClN4O2S/c1-6-4-14(5-7(2)18-6)9-8(15(16)17)3-12-10(11)13-9/h3,6-7H,4-5H2,1-2H3. The Hall–Kier alpha value is -1.08. The van der Waals surface area contributed by atoms with E-state index < -0.39 is 4.92 Å². The molecular formula is C10H13ClN4O2S. The fourth-order valence-electron chi connectivity index (χ4n) is 2.06. The van der Waals surface area contributed by atoms with E-state index in [1.54, 1.807) is 0 Å². The SMILES string of the molecule is CC1CN(c2nc(Cl)ncc2[N+](=O)[O-])CC(C)S1. The third kappa shape index (κ3) is 2.84. The molecule has 2 unspecified atom stereocenters. The van der Waals surface area contributed by atoms with Crippen LogP contribution >= 0.6 is 23.4 Å². The van der Waals surface area contributed by atoms with E-state index in [1.165, 1.54) is 6.20 Å². The van der Waals surface area contributed by atoms with Gasteiger partial charge in [-0.05, 0) is 11.6 Å². The number of thioether (sulfide) groups is 1. The summed E-state index contributed by atoms with van der Waals surface area (Å²) in [6.45, 7) is 5.65. The van der Waals surface area contributed by atoms with Gasteiger partial charge in [0.2, 0.25) is 11.1 Å². The van der Waals surface area contributed by atoms with Gasteiger partial charge in [-0.2, -0.15) is 16.7 Å². The van der Waals surface area contributed by atoms with Gasteiger partial charge in [-0.3, -0.25) is 10.1 Å². The Bertz CT molecular complexity index is 463. The van der Waals surface area contributed by atoms with Crippen LogP contribution in [0, 0.1) is 10.1 Å². The lowest BCUT2D eigenvalue weighted by atomic mass is 10.3. The van der Waals surface area contributed by atoms with Gasteiger partial charge in [-0.25, -0.2) is 4.98 Å². The molecule has 2 rings (SSSR count). The van der Waals surface area contributed by atoms with Gasteiger partial charge in [0.25, 0.3) is 0 Å². The van der Waals surface area contributed by atoms with Crippen molar-refractivity contribution >= 4 is 34.9 Å². The normalized spacial score (nSPS) is 24.1. The topological polar surface area (TPSA) is 72.2 Å². The molecule has 18 heavy (non-hydrogen) atoms. The molecule has 1 aromatic rings. The summed E-state index contributed by atoms with van der Waals surface area (Å²) in [7, 11) is 0. The van der Waals surface area contributed by atoms with Crippen LogP contribution in [0.5, 0.6) is 0 Å². The van der Waals surface area contributed by atoms with Gasteiger partial charge >= 0.3 is 5.69 Å². The van der Waals surface area contributed by atoms with Crippen LogP contribution in [0.4, 0.5) is 11.5 Å². The number of nitro groups is 1. The van der Waals surface area contributed by atoms with E-state index in [9.17, 15) is 10.1 Å². The minimum absolute atomic E-state index is 0.0362. The Balaban J connectivity index is 2.36. The lowest BCUT2D eigenvalue weighted by Gasteiger charge is -2.34. The second-order valence-corrected chi connectivity index (χ2v) is 6.49. The lowest BCUT2D eigenvalue weighted by molar-refractivity contribution is -0.384. The first kappa shape index (κ1) is 13.4. The molecule has 1 aliphatic rings. The van der Waals surface area contributed by atoms with Gasteiger partial charge in [0, 0.05) is 23.6 Å². The van der Waals surface area contributed by atoms with Gasteiger partial charge in [0.15, 0.2) is 0 Å². The molecular weight excluding hydrogens is 276 g/mol. The average Bonchev–Trinajstić information content (AvgIpc) is 2.27. The third-order valence-corrected chi connectivity index (χ3v) is 4.05. The molecule has 6 nitrogen and oxygen atoms in total. The Morgan fingerprint density at radius 1 is 1.50 bits per heavy atom. The summed E-state index contributed by atoms with van der Waals surface area (Å²) in [6, 6.07) is 0. The highest BCUT2D eigenvalue weighted by atomic mass is 35.5. The molecule has 1 aliphatic heterocycles. The number of halogens is 1. The first-order chi connectivity index (χ1) is 8.47. The van der Waals surface area contributed by atoms with Gasteiger partial charge in [0.05, 0.1) is 4.92 Å². The summed E-state index contributed by atoms with van der Waals surface area (Å²) in [6.07, 6.45) is 1.17. The minimum atomic E-state index is -0.469. The maximum Gasteiger partial charge on any atom is 0.329 e. The molecule has 0 amide bonds. The summed E-state index contributed by atoms with van der Waals surface area (Å²) in [5.41, 5.74) is -0.0919. The first-order valence-corrected chi connectivity index (χ1v) is 6.86.